The number of aliphatic hydroxyl groups excluding tert-OH is 1. The van der Waals surface area contributed by atoms with Crippen LogP contribution < -0.4 is 0 Å². The van der Waals surface area contributed by atoms with Crippen molar-refractivity contribution in [2.24, 2.45) is 5.92 Å². The van der Waals surface area contributed by atoms with Crippen LogP contribution >= 0.6 is 0 Å². The van der Waals surface area contributed by atoms with Crippen molar-refractivity contribution in [2.75, 3.05) is 39.5 Å². The van der Waals surface area contributed by atoms with E-state index in [1.54, 1.807) is 0 Å². The van der Waals surface area contributed by atoms with E-state index in [1.165, 1.54) is 5.56 Å². The highest BCUT2D eigenvalue weighted by molar-refractivity contribution is 5.76. The van der Waals surface area contributed by atoms with Gasteiger partial charge in [0.25, 0.3) is 0 Å². The van der Waals surface area contributed by atoms with Crippen molar-refractivity contribution in [1.82, 2.24) is 4.90 Å². The van der Waals surface area contributed by atoms with Crippen LogP contribution in [0.3, 0.4) is 0 Å². The van der Waals surface area contributed by atoms with Crippen molar-refractivity contribution >= 4 is 5.91 Å². The molecule has 1 aromatic carbocycles. The molecule has 5 heteroatoms. The number of carbonyl (C=O) groups excluding carboxylic acids is 1. The second kappa shape index (κ2) is 8.30. The second-order valence-corrected chi connectivity index (χ2v) is 7.43. The van der Waals surface area contributed by atoms with Crippen molar-refractivity contribution in [3.8, 4) is 0 Å². The minimum atomic E-state index is -0.697. The number of aryl methyl sites for hydroxylation is 1. The molecule has 0 aromatic heterocycles. The maximum Gasteiger partial charge on any atom is 0.223 e. The summed E-state index contributed by atoms with van der Waals surface area (Å²) in [7, 11) is 0. The van der Waals surface area contributed by atoms with Gasteiger partial charge in [0.15, 0.2) is 0 Å². The summed E-state index contributed by atoms with van der Waals surface area (Å²) >= 11 is 0. The van der Waals surface area contributed by atoms with E-state index in [4.69, 9.17) is 9.47 Å². The summed E-state index contributed by atoms with van der Waals surface area (Å²) in [5, 5.41) is 10.0. The third-order valence-corrected chi connectivity index (χ3v) is 5.30. The number of amides is 1. The van der Waals surface area contributed by atoms with Crippen LogP contribution in [0.5, 0.6) is 0 Å². The Kier molecular flexibility index (Phi) is 6.10. The lowest BCUT2D eigenvalue weighted by molar-refractivity contribution is -0.159. The second-order valence-electron chi connectivity index (χ2n) is 7.43. The van der Waals surface area contributed by atoms with Crippen LogP contribution in [0, 0.1) is 12.8 Å². The van der Waals surface area contributed by atoms with Gasteiger partial charge in [0.05, 0.1) is 19.8 Å². The van der Waals surface area contributed by atoms with Crippen molar-refractivity contribution in [1.29, 1.82) is 0 Å². The number of aliphatic hydroxyl groups is 1. The molecule has 1 N–H and O–H groups in total. The van der Waals surface area contributed by atoms with Crippen LogP contribution in [-0.2, 0) is 20.7 Å². The lowest BCUT2D eigenvalue weighted by Crippen LogP contribution is -2.57. The normalized spacial score (nSPS) is 25.1. The highest BCUT2D eigenvalue weighted by atomic mass is 16.5. The van der Waals surface area contributed by atoms with E-state index in [-0.39, 0.29) is 12.5 Å². The van der Waals surface area contributed by atoms with Gasteiger partial charge in [0, 0.05) is 32.6 Å². The average molecular weight is 347 g/mol. The maximum absolute atomic E-state index is 12.7. The van der Waals surface area contributed by atoms with Crippen LogP contribution in [0.25, 0.3) is 0 Å². The first kappa shape index (κ1) is 18.4. The van der Waals surface area contributed by atoms with Gasteiger partial charge in [0.2, 0.25) is 5.91 Å². The Labute approximate surface area is 149 Å². The number of morpholine rings is 1. The van der Waals surface area contributed by atoms with Crippen molar-refractivity contribution in [2.45, 2.75) is 38.2 Å². The zero-order valence-electron chi connectivity index (χ0n) is 15.1. The molecule has 1 atom stereocenters. The zero-order chi connectivity index (χ0) is 17.7. The Morgan fingerprint density at radius 2 is 2.12 bits per heavy atom. The van der Waals surface area contributed by atoms with E-state index in [0.717, 1.165) is 31.6 Å². The van der Waals surface area contributed by atoms with E-state index >= 15 is 0 Å². The lowest BCUT2D eigenvalue weighted by Gasteiger charge is -2.42. The van der Waals surface area contributed by atoms with Crippen molar-refractivity contribution in [3.63, 3.8) is 0 Å². The Hall–Kier alpha value is -1.43. The fourth-order valence-electron chi connectivity index (χ4n) is 3.84. The molecule has 0 spiro atoms. The van der Waals surface area contributed by atoms with Gasteiger partial charge in [-0.05, 0) is 31.2 Å². The molecule has 138 valence electrons. The number of benzene rings is 1. The molecule has 0 saturated carbocycles. The topological polar surface area (TPSA) is 59.0 Å². The lowest BCUT2D eigenvalue weighted by atomic mass is 9.91. The first-order valence-electron chi connectivity index (χ1n) is 9.26. The average Bonchev–Trinajstić information content (AvgIpc) is 2.63. The summed E-state index contributed by atoms with van der Waals surface area (Å²) < 4.78 is 11.3. The quantitative estimate of drug-likeness (QED) is 0.884. The SMILES string of the molecule is Cc1cccc(CC2(CO)CN(C(=O)CC3CCOCC3)CCO2)c1. The number of hydrogen-bond donors (Lipinski definition) is 1. The third kappa shape index (κ3) is 4.81. The zero-order valence-corrected chi connectivity index (χ0v) is 15.1. The Bertz CT molecular complexity index is 585. The van der Waals surface area contributed by atoms with Gasteiger partial charge >= 0.3 is 0 Å². The summed E-state index contributed by atoms with van der Waals surface area (Å²) in [4.78, 5) is 14.6. The number of ether oxygens (including phenoxy) is 2. The van der Waals surface area contributed by atoms with Crippen LogP contribution in [0.1, 0.15) is 30.4 Å². The standard InChI is InChI=1S/C20H29NO4/c1-16-3-2-4-18(11-16)13-20(15-22)14-21(7-10-25-20)19(23)12-17-5-8-24-9-6-17/h2-4,11,17,22H,5-10,12-15H2,1H3. The molecule has 2 aliphatic heterocycles. The molecule has 2 heterocycles. The molecule has 1 aromatic rings. The molecule has 0 radical (unpaired) electrons. The van der Waals surface area contributed by atoms with Crippen LogP contribution in [0.2, 0.25) is 0 Å². The first-order valence-corrected chi connectivity index (χ1v) is 9.26. The smallest absolute Gasteiger partial charge is 0.223 e. The summed E-state index contributed by atoms with van der Waals surface area (Å²) in [6.07, 6.45) is 3.12. The predicted octanol–water partition coefficient (Wildman–Crippen LogP) is 1.94. The van der Waals surface area contributed by atoms with E-state index < -0.39 is 5.60 Å². The number of hydrogen-bond acceptors (Lipinski definition) is 4. The Balaban J connectivity index is 1.63. The molecule has 2 saturated heterocycles. The van der Waals surface area contributed by atoms with Gasteiger partial charge < -0.3 is 19.5 Å². The molecular formula is C20H29NO4. The van der Waals surface area contributed by atoms with Gasteiger partial charge in [-0.25, -0.2) is 0 Å². The van der Waals surface area contributed by atoms with E-state index in [0.29, 0.717) is 38.5 Å². The molecule has 2 fully saturated rings. The highest BCUT2D eigenvalue weighted by Gasteiger charge is 2.38. The molecule has 0 bridgehead atoms. The molecule has 2 aliphatic rings. The number of nitrogens with zero attached hydrogens (tertiary/aromatic N) is 1. The summed E-state index contributed by atoms with van der Waals surface area (Å²) in [5.41, 5.74) is 1.62. The van der Waals surface area contributed by atoms with Crippen molar-refractivity contribution < 1.29 is 19.4 Å². The van der Waals surface area contributed by atoms with Crippen LogP contribution in [-0.4, -0.2) is 61.0 Å². The molecule has 25 heavy (non-hydrogen) atoms. The minimum Gasteiger partial charge on any atom is -0.393 e. The molecule has 5 nitrogen and oxygen atoms in total. The summed E-state index contributed by atoms with van der Waals surface area (Å²) in [6.45, 7) is 5.04. The van der Waals surface area contributed by atoms with Crippen molar-refractivity contribution in [3.05, 3.63) is 35.4 Å². The van der Waals surface area contributed by atoms with Gasteiger partial charge in [-0.1, -0.05) is 29.8 Å². The first-order chi connectivity index (χ1) is 12.1. The van der Waals surface area contributed by atoms with E-state index in [1.807, 2.05) is 11.0 Å². The molecule has 3 rings (SSSR count). The largest absolute Gasteiger partial charge is 0.393 e. The van der Waals surface area contributed by atoms with Gasteiger partial charge in [0.1, 0.15) is 5.60 Å². The Morgan fingerprint density at radius 1 is 1.32 bits per heavy atom. The van der Waals surface area contributed by atoms with Gasteiger partial charge in [-0.2, -0.15) is 0 Å². The molecular weight excluding hydrogens is 318 g/mol. The minimum absolute atomic E-state index is 0.0814. The maximum atomic E-state index is 12.7. The number of carbonyl (C=O) groups is 1. The summed E-state index contributed by atoms with van der Waals surface area (Å²) in [6, 6.07) is 8.24. The van der Waals surface area contributed by atoms with E-state index in [9.17, 15) is 9.90 Å². The van der Waals surface area contributed by atoms with E-state index in [2.05, 4.69) is 25.1 Å². The Morgan fingerprint density at radius 3 is 2.84 bits per heavy atom. The van der Waals surface area contributed by atoms with Gasteiger partial charge in [-0.3, -0.25) is 4.79 Å². The third-order valence-electron chi connectivity index (χ3n) is 5.30. The van der Waals surface area contributed by atoms with Crippen LogP contribution in [0.15, 0.2) is 24.3 Å². The fourth-order valence-corrected chi connectivity index (χ4v) is 3.84. The monoisotopic (exact) mass is 347 g/mol. The molecule has 1 amide bonds. The molecule has 1 unspecified atom stereocenters. The fraction of sp³-hybridized carbons (Fsp3) is 0.650. The highest BCUT2D eigenvalue weighted by Crippen LogP contribution is 2.26. The molecule has 0 aliphatic carbocycles. The number of rotatable bonds is 5. The summed E-state index contributed by atoms with van der Waals surface area (Å²) in [5.74, 6) is 0.599. The predicted molar refractivity (Wildman–Crippen MR) is 95.4 cm³/mol. The van der Waals surface area contributed by atoms with Gasteiger partial charge in [-0.15, -0.1) is 0 Å². The van der Waals surface area contributed by atoms with Crippen LogP contribution in [0.4, 0.5) is 0 Å².